The molecule has 0 aliphatic heterocycles. The smallest absolute Gasteiger partial charge is 0.340 e. The van der Waals surface area contributed by atoms with Crippen LogP contribution in [0.5, 0.6) is 0 Å². The highest BCUT2D eigenvalue weighted by molar-refractivity contribution is 6.33. The number of rotatable bonds is 4. The lowest BCUT2D eigenvalue weighted by Gasteiger charge is -2.02. The molecule has 8 heteroatoms. The van der Waals surface area contributed by atoms with Crippen molar-refractivity contribution in [3.8, 4) is 0 Å². The number of carbonyl (C=O) groups excluding carboxylic acids is 1. The molecule has 1 rings (SSSR count). The zero-order valence-electron chi connectivity index (χ0n) is 9.30. The first-order valence-electron chi connectivity index (χ1n) is 4.84. The number of carbonyl (C=O) groups is 1. The lowest BCUT2D eigenvalue weighted by atomic mass is 10.2. The van der Waals surface area contributed by atoms with Crippen LogP contribution < -0.4 is 0 Å². The fraction of sp³-hybridized carbons (Fsp3) is 0.200. The monoisotopic (exact) mass is 286 g/mol. The van der Waals surface area contributed by atoms with Crippen molar-refractivity contribution in [3.05, 3.63) is 44.1 Å². The fourth-order valence-corrected chi connectivity index (χ4v) is 1.46. The summed E-state index contributed by atoms with van der Waals surface area (Å²) in [5.74, 6) is -0.735. The maximum absolute atomic E-state index is 11.5. The van der Waals surface area contributed by atoms with Crippen LogP contribution in [0.3, 0.4) is 0 Å². The van der Waals surface area contributed by atoms with Gasteiger partial charge in [-0.1, -0.05) is 28.3 Å². The Morgan fingerprint density at radius 3 is 2.89 bits per heavy atom. The zero-order valence-corrected chi connectivity index (χ0v) is 10.8. The normalized spacial score (nSPS) is 10.7. The number of esters is 1. The molecule has 0 saturated carbocycles. The van der Waals surface area contributed by atoms with Crippen LogP contribution in [-0.4, -0.2) is 17.6 Å². The molecular formula is C10H8Cl2N4O2. The number of aromatic nitrogens is 1. The number of halogens is 2. The zero-order chi connectivity index (χ0) is 13.5. The minimum Gasteiger partial charge on any atom is -0.462 e. The van der Waals surface area contributed by atoms with Gasteiger partial charge in [-0.25, -0.2) is 9.78 Å². The molecule has 1 aromatic rings. The lowest BCUT2D eigenvalue weighted by molar-refractivity contribution is -0.138. The van der Waals surface area contributed by atoms with E-state index in [1.165, 1.54) is 12.1 Å². The van der Waals surface area contributed by atoms with E-state index in [0.29, 0.717) is 5.56 Å². The second-order valence-electron chi connectivity index (χ2n) is 2.95. The highest BCUT2D eigenvalue weighted by Crippen LogP contribution is 2.20. The van der Waals surface area contributed by atoms with Crippen molar-refractivity contribution in [1.29, 1.82) is 0 Å². The molecule has 0 atom stereocenters. The number of hydrogen-bond acceptors (Lipinski definition) is 4. The predicted octanol–water partition coefficient (Wildman–Crippen LogP) is 3.60. The molecule has 0 amide bonds. The van der Waals surface area contributed by atoms with Crippen molar-refractivity contribution < 1.29 is 9.53 Å². The molecule has 1 aromatic heterocycles. The number of azide groups is 1. The molecule has 1 heterocycles. The van der Waals surface area contributed by atoms with Gasteiger partial charge < -0.3 is 4.74 Å². The van der Waals surface area contributed by atoms with Crippen molar-refractivity contribution in [3.63, 3.8) is 0 Å². The highest BCUT2D eigenvalue weighted by atomic mass is 35.5. The van der Waals surface area contributed by atoms with Gasteiger partial charge in [-0.15, -0.1) is 0 Å². The van der Waals surface area contributed by atoms with Gasteiger partial charge in [0.15, 0.2) is 0 Å². The standard InChI is InChI=1S/C10H8Cl2N4O2/c1-2-18-10(17)7(15-16-13)5-6-3-4-8(11)14-9(6)12/h3-5H,2H2,1H3/b7-5-. The van der Waals surface area contributed by atoms with E-state index in [2.05, 4.69) is 15.0 Å². The van der Waals surface area contributed by atoms with Gasteiger partial charge in [0.1, 0.15) is 16.0 Å². The first kappa shape index (κ1) is 14.3. The van der Waals surface area contributed by atoms with E-state index in [4.69, 9.17) is 33.5 Å². The predicted molar refractivity (Wildman–Crippen MR) is 68.0 cm³/mol. The Labute approximate surface area is 113 Å². The van der Waals surface area contributed by atoms with Crippen molar-refractivity contribution in [1.82, 2.24) is 4.98 Å². The molecule has 18 heavy (non-hydrogen) atoms. The summed E-state index contributed by atoms with van der Waals surface area (Å²) in [5, 5.41) is 3.57. The third-order valence-corrected chi connectivity index (χ3v) is 2.29. The second kappa shape index (κ2) is 6.86. The summed E-state index contributed by atoms with van der Waals surface area (Å²) in [6.45, 7) is 1.81. The van der Waals surface area contributed by atoms with Gasteiger partial charge >= 0.3 is 5.97 Å². The van der Waals surface area contributed by atoms with E-state index in [0.717, 1.165) is 0 Å². The van der Waals surface area contributed by atoms with Gasteiger partial charge in [0.25, 0.3) is 0 Å². The van der Waals surface area contributed by atoms with Crippen LogP contribution in [0.4, 0.5) is 0 Å². The molecule has 0 spiro atoms. The average molecular weight is 287 g/mol. The molecule has 6 nitrogen and oxygen atoms in total. The van der Waals surface area contributed by atoms with Gasteiger partial charge in [-0.2, -0.15) is 0 Å². The molecule has 0 N–H and O–H groups in total. The first-order chi connectivity index (χ1) is 8.58. The minimum atomic E-state index is -0.735. The molecule has 0 fully saturated rings. The Morgan fingerprint density at radius 1 is 1.61 bits per heavy atom. The molecule has 0 saturated heterocycles. The number of hydrogen-bond donors (Lipinski definition) is 0. The van der Waals surface area contributed by atoms with Crippen molar-refractivity contribution in [2.24, 2.45) is 5.11 Å². The van der Waals surface area contributed by atoms with Crippen molar-refractivity contribution >= 4 is 35.2 Å². The minimum absolute atomic E-state index is 0.0949. The number of pyridine rings is 1. The quantitative estimate of drug-likeness (QED) is 0.211. The summed E-state index contributed by atoms with van der Waals surface area (Å²) in [7, 11) is 0. The maximum Gasteiger partial charge on any atom is 0.340 e. The van der Waals surface area contributed by atoms with Crippen molar-refractivity contribution in [2.75, 3.05) is 6.61 Å². The van der Waals surface area contributed by atoms with E-state index in [-0.39, 0.29) is 22.6 Å². The van der Waals surface area contributed by atoms with Crippen LogP contribution in [0.15, 0.2) is 22.9 Å². The van der Waals surface area contributed by atoms with Crippen LogP contribution in [0.1, 0.15) is 12.5 Å². The van der Waals surface area contributed by atoms with Crippen LogP contribution in [0.2, 0.25) is 10.3 Å². The third-order valence-electron chi connectivity index (χ3n) is 1.77. The van der Waals surface area contributed by atoms with Crippen LogP contribution in [-0.2, 0) is 9.53 Å². The topological polar surface area (TPSA) is 88.0 Å². The molecular weight excluding hydrogens is 279 g/mol. The van der Waals surface area contributed by atoms with E-state index in [1.54, 1.807) is 13.0 Å². The SMILES string of the molecule is CCOC(=O)/C(=C/c1ccc(Cl)nc1Cl)N=[N+]=[N-]. The summed E-state index contributed by atoms with van der Waals surface area (Å²) in [6.07, 6.45) is 1.28. The Hall–Kier alpha value is -1.75. The first-order valence-corrected chi connectivity index (χ1v) is 5.60. The largest absolute Gasteiger partial charge is 0.462 e. The molecule has 94 valence electrons. The number of nitrogens with zero attached hydrogens (tertiary/aromatic N) is 4. The van der Waals surface area contributed by atoms with Gasteiger partial charge in [0.2, 0.25) is 0 Å². The Balaban J connectivity index is 3.15. The summed E-state index contributed by atoms with van der Waals surface area (Å²) in [5.41, 5.74) is 8.58. The molecule has 0 bridgehead atoms. The van der Waals surface area contributed by atoms with Crippen LogP contribution in [0.25, 0.3) is 16.5 Å². The summed E-state index contributed by atoms with van der Waals surface area (Å²) in [6, 6.07) is 3.04. The van der Waals surface area contributed by atoms with E-state index in [1.807, 2.05) is 0 Å². The average Bonchev–Trinajstić information content (AvgIpc) is 2.32. The fourth-order valence-electron chi connectivity index (χ4n) is 1.06. The van der Waals surface area contributed by atoms with E-state index < -0.39 is 5.97 Å². The molecule has 0 unspecified atom stereocenters. The molecule has 0 aliphatic carbocycles. The number of ether oxygens (including phenoxy) is 1. The van der Waals surface area contributed by atoms with E-state index >= 15 is 0 Å². The van der Waals surface area contributed by atoms with Crippen molar-refractivity contribution in [2.45, 2.75) is 6.92 Å². The maximum atomic E-state index is 11.5. The highest BCUT2D eigenvalue weighted by Gasteiger charge is 2.10. The summed E-state index contributed by atoms with van der Waals surface area (Å²) < 4.78 is 4.73. The van der Waals surface area contributed by atoms with Crippen LogP contribution in [0, 0.1) is 0 Å². The Bertz CT molecular complexity index is 539. The van der Waals surface area contributed by atoms with E-state index in [9.17, 15) is 4.79 Å². The Kier molecular flexibility index (Phi) is 5.45. The Morgan fingerprint density at radius 2 is 2.33 bits per heavy atom. The summed E-state index contributed by atoms with van der Waals surface area (Å²) >= 11 is 11.5. The van der Waals surface area contributed by atoms with Crippen LogP contribution >= 0.6 is 23.2 Å². The third kappa shape index (κ3) is 3.92. The van der Waals surface area contributed by atoms with Gasteiger partial charge in [0, 0.05) is 10.5 Å². The molecule has 0 aliphatic rings. The van der Waals surface area contributed by atoms with Gasteiger partial charge in [0.05, 0.1) is 6.61 Å². The second-order valence-corrected chi connectivity index (χ2v) is 3.70. The van der Waals surface area contributed by atoms with Gasteiger partial charge in [-0.05, 0) is 30.7 Å². The molecule has 0 radical (unpaired) electrons. The lowest BCUT2D eigenvalue weighted by Crippen LogP contribution is -2.05. The molecule has 0 aromatic carbocycles. The van der Waals surface area contributed by atoms with Gasteiger partial charge in [-0.3, -0.25) is 0 Å². The summed E-state index contributed by atoms with van der Waals surface area (Å²) in [4.78, 5) is 17.8.